The van der Waals surface area contributed by atoms with Crippen molar-refractivity contribution < 1.29 is 14.3 Å². The van der Waals surface area contributed by atoms with E-state index in [-0.39, 0.29) is 17.8 Å². The minimum Gasteiger partial charge on any atom is -0.487 e. The van der Waals surface area contributed by atoms with Crippen LogP contribution in [0.1, 0.15) is 23.6 Å². The van der Waals surface area contributed by atoms with Gasteiger partial charge in [0, 0.05) is 21.2 Å². The molecule has 0 N–H and O–H groups in total. The van der Waals surface area contributed by atoms with Gasteiger partial charge in [-0.1, -0.05) is 18.2 Å². The summed E-state index contributed by atoms with van der Waals surface area (Å²) in [7, 11) is 0. The molecule has 0 radical (unpaired) electrons. The number of benzene rings is 2. The van der Waals surface area contributed by atoms with Crippen molar-refractivity contribution in [1.29, 1.82) is 5.26 Å². The summed E-state index contributed by atoms with van der Waals surface area (Å²) in [5, 5.41) is 9.00. The van der Waals surface area contributed by atoms with Gasteiger partial charge >= 0.3 is 0 Å². The lowest BCUT2D eigenvalue weighted by Crippen LogP contribution is -2.27. The monoisotopic (exact) mass is 616 g/mol. The van der Waals surface area contributed by atoms with Crippen LogP contribution in [0.2, 0.25) is 0 Å². The van der Waals surface area contributed by atoms with Gasteiger partial charge in [-0.05, 0) is 88.1 Å². The number of nitrogens with zero attached hydrogens (tertiary/aromatic N) is 2. The first-order chi connectivity index (χ1) is 13.4. The lowest BCUT2D eigenvalue weighted by Gasteiger charge is -2.13. The summed E-state index contributed by atoms with van der Waals surface area (Å²) in [6, 6.07) is 13.3. The van der Waals surface area contributed by atoms with Crippen LogP contribution < -0.4 is 4.74 Å². The average molecular weight is 616 g/mol. The van der Waals surface area contributed by atoms with Crippen molar-refractivity contribution in [3.8, 4) is 11.8 Å². The summed E-state index contributed by atoms with van der Waals surface area (Å²) >= 11 is 5.33. The molecule has 0 spiro atoms. The van der Waals surface area contributed by atoms with E-state index in [0.29, 0.717) is 22.8 Å². The van der Waals surface area contributed by atoms with Gasteiger partial charge in [0.15, 0.2) is 0 Å². The maximum Gasteiger partial charge on any atom is 0.293 e. The fraction of sp³-hybridized carbons (Fsp3) is 0.150. The Morgan fingerprint density at radius 1 is 1.25 bits per heavy atom. The number of hydrogen-bond acceptors (Lipinski definition) is 5. The first kappa shape index (κ1) is 21.1. The third-order valence-electron chi connectivity index (χ3n) is 4.02. The molecular weight excluding hydrogens is 602 g/mol. The quantitative estimate of drug-likeness (QED) is 0.333. The predicted molar refractivity (Wildman–Crippen MR) is 126 cm³/mol. The van der Waals surface area contributed by atoms with Crippen molar-refractivity contribution in [2.75, 3.05) is 6.54 Å². The van der Waals surface area contributed by atoms with Gasteiger partial charge in [-0.15, -0.1) is 0 Å². The molecule has 0 saturated carbocycles. The van der Waals surface area contributed by atoms with Crippen molar-refractivity contribution >= 4 is 74.2 Å². The number of imide groups is 1. The normalized spacial score (nSPS) is 15.2. The molecule has 0 aliphatic carbocycles. The number of halogens is 2. The van der Waals surface area contributed by atoms with Crippen LogP contribution in [0.3, 0.4) is 0 Å². The van der Waals surface area contributed by atoms with E-state index in [9.17, 15) is 14.9 Å². The largest absolute Gasteiger partial charge is 0.487 e. The third-order valence-corrected chi connectivity index (χ3v) is 6.35. The van der Waals surface area contributed by atoms with Gasteiger partial charge in [-0.25, -0.2) is 0 Å². The Bertz CT molecular complexity index is 1030. The highest BCUT2D eigenvalue weighted by atomic mass is 127. The molecular formula is C20H14I2N2O3S. The predicted octanol–water partition coefficient (Wildman–Crippen LogP) is 5.40. The van der Waals surface area contributed by atoms with Crippen LogP contribution in [-0.4, -0.2) is 22.6 Å². The molecule has 0 unspecified atom stereocenters. The van der Waals surface area contributed by atoms with Crippen molar-refractivity contribution in [3.05, 3.63) is 65.1 Å². The SMILES string of the molecule is CCN1C(=O)S/C(=C/c2cc(I)cc(I)c2OCc2ccccc2C#N)C1=O. The highest BCUT2D eigenvalue weighted by molar-refractivity contribution is 14.1. The van der Waals surface area contributed by atoms with Crippen LogP contribution in [0.15, 0.2) is 41.3 Å². The molecule has 1 aliphatic rings. The van der Waals surface area contributed by atoms with Crippen LogP contribution in [-0.2, 0) is 11.4 Å². The molecule has 2 amide bonds. The molecule has 0 atom stereocenters. The van der Waals surface area contributed by atoms with E-state index < -0.39 is 0 Å². The van der Waals surface area contributed by atoms with Crippen molar-refractivity contribution in [1.82, 2.24) is 4.90 Å². The van der Waals surface area contributed by atoms with Crippen molar-refractivity contribution in [2.45, 2.75) is 13.5 Å². The van der Waals surface area contributed by atoms with Crippen LogP contribution in [0, 0.1) is 18.5 Å². The number of ether oxygens (including phenoxy) is 1. The molecule has 8 heteroatoms. The van der Waals surface area contributed by atoms with E-state index in [4.69, 9.17) is 4.74 Å². The second kappa shape index (κ2) is 9.28. The van der Waals surface area contributed by atoms with E-state index in [1.54, 1.807) is 19.1 Å². The van der Waals surface area contributed by atoms with Gasteiger partial charge in [-0.3, -0.25) is 14.5 Å². The van der Waals surface area contributed by atoms with Crippen molar-refractivity contribution in [2.24, 2.45) is 0 Å². The summed E-state index contributed by atoms with van der Waals surface area (Å²) in [4.78, 5) is 26.0. The molecule has 0 bridgehead atoms. The number of hydrogen-bond donors (Lipinski definition) is 0. The molecule has 1 heterocycles. The Kier molecular flexibility index (Phi) is 7.00. The van der Waals surface area contributed by atoms with Gasteiger partial charge in [0.2, 0.25) is 0 Å². The van der Waals surface area contributed by atoms with E-state index >= 15 is 0 Å². The molecule has 1 fully saturated rings. The number of nitriles is 1. The number of rotatable bonds is 5. The van der Waals surface area contributed by atoms with E-state index in [1.165, 1.54) is 4.90 Å². The van der Waals surface area contributed by atoms with Crippen LogP contribution in [0.25, 0.3) is 6.08 Å². The molecule has 142 valence electrons. The topological polar surface area (TPSA) is 70.4 Å². The first-order valence-corrected chi connectivity index (χ1v) is 11.3. The average Bonchev–Trinajstić information content (AvgIpc) is 2.93. The first-order valence-electron chi connectivity index (χ1n) is 8.29. The smallest absolute Gasteiger partial charge is 0.293 e. The second-order valence-corrected chi connectivity index (χ2v) is 9.19. The molecule has 0 aromatic heterocycles. The maximum atomic E-state index is 12.4. The molecule has 2 aromatic carbocycles. The van der Waals surface area contributed by atoms with Crippen LogP contribution in [0.4, 0.5) is 4.79 Å². The number of carbonyl (C=O) groups is 2. The third kappa shape index (κ3) is 4.52. The van der Waals surface area contributed by atoms with Crippen LogP contribution in [0.5, 0.6) is 5.75 Å². The van der Waals surface area contributed by atoms with Gasteiger partial charge in [0.1, 0.15) is 12.4 Å². The van der Waals surface area contributed by atoms with Gasteiger partial charge in [0.05, 0.1) is 20.1 Å². The molecule has 28 heavy (non-hydrogen) atoms. The van der Waals surface area contributed by atoms with Crippen LogP contribution >= 0.6 is 56.9 Å². The maximum absolute atomic E-state index is 12.4. The standard InChI is InChI=1S/C20H14I2N2O3S/c1-2-24-19(25)17(28-20(24)26)8-14-7-15(21)9-16(22)18(14)27-11-13-6-4-3-5-12(13)10-23/h3-9H,2,11H2,1H3/b17-8+. The number of amides is 2. The summed E-state index contributed by atoms with van der Waals surface area (Å²) in [5.74, 6) is 0.337. The van der Waals surface area contributed by atoms with Gasteiger partial charge in [-0.2, -0.15) is 5.26 Å². The summed E-state index contributed by atoms with van der Waals surface area (Å²) in [6.07, 6.45) is 1.70. The van der Waals surface area contributed by atoms with E-state index in [0.717, 1.165) is 30.0 Å². The van der Waals surface area contributed by atoms with Gasteiger partial charge in [0.25, 0.3) is 11.1 Å². The molecule has 5 nitrogen and oxygen atoms in total. The Labute approximate surface area is 194 Å². The number of carbonyl (C=O) groups excluding carboxylic acids is 2. The number of thioether (sulfide) groups is 1. The highest BCUT2D eigenvalue weighted by Crippen LogP contribution is 2.36. The highest BCUT2D eigenvalue weighted by Gasteiger charge is 2.34. The Morgan fingerprint density at radius 3 is 2.68 bits per heavy atom. The van der Waals surface area contributed by atoms with E-state index in [2.05, 4.69) is 51.3 Å². The molecule has 2 aromatic rings. The Hall–Kier alpha value is -1.58. The molecule has 3 rings (SSSR count). The fourth-order valence-electron chi connectivity index (χ4n) is 2.66. The van der Waals surface area contributed by atoms with Crippen molar-refractivity contribution in [3.63, 3.8) is 0 Å². The second-order valence-electron chi connectivity index (χ2n) is 5.79. The summed E-state index contributed by atoms with van der Waals surface area (Å²) < 4.78 is 7.93. The Balaban J connectivity index is 1.95. The molecule has 1 aliphatic heterocycles. The lowest BCUT2D eigenvalue weighted by molar-refractivity contribution is -0.122. The Morgan fingerprint density at radius 2 is 2.00 bits per heavy atom. The summed E-state index contributed by atoms with van der Waals surface area (Å²) in [6.45, 7) is 2.35. The zero-order chi connectivity index (χ0) is 20.3. The lowest BCUT2D eigenvalue weighted by atomic mass is 10.1. The zero-order valence-electron chi connectivity index (χ0n) is 14.7. The molecule has 1 saturated heterocycles. The fourth-order valence-corrected chi connectivity index (χ4v) is 5.60. The van der Waals surface area contributed by atoms with E-state index in [1.807, 2.05) is 30.3 Å². The minimum absolute atomic E-state index is 0.234. The number of likely N-dealkylation sites (N-methyl/N-ethyl adjacent to an activating group) is 1. The van der Waals surface area contributed by atoms with Gasteiger partial charge < -0.3 is 4.74 Å². The zero-order valence-corrected chi connectivity index (χ0v) is 19.9. The summed E-state index contributed by atoms with van der Waals surface area (Å²) in [5.41, 5.74) is 2.08. The minimum atomic E-state index is -0.285.